The molecule has 22 heavy (non-hydrogen) atoms. The normalized spacial score (nSPS) is 14.2. The Kier molecular flexibility index (Phi) is 7.27. The molecule has 1 heterocycles. The van der Waals surface area contributed by atoms with E-state index in [0.29, 0.717) is 18.7 Å². The number of nitrogens with one attached hydrogen (secondary N) is 1. The quantitative estimate of drug-likeness (QED) is 0.884. The molecule has 0 atom stereocenters. The topological polar surface area (TPSA) is 52.7 Å². The van der Waals surface area contributed by atoms with E-state index in [-0.39, 0.29) is 37.2 Å². The molecule has 0 aliphatic carbocycles. The Labute approximate surface area is 135 Å². The number of nitrogens with zero attached hydrogens (tertiary/aromatic N) is 2. The zero-order valence-corrected chi connectivity index (χ0v) is 13.4. The van der Waals surface area contributed by atoms with Crippen molar-refractivity contribution in [3.8, 4) is 0 Å². The highest BCUT2D eigenvalue weighted by Gasteiger charge is 2.20. The minimum atomic E-state index is -0.396. The first-order valence-electron chi connectivity index (χ1n) is 7.04. The maximum Gasteiger partial charge on any atom is 0.242 e. The Morgan fingerprint density at radius 2 is 1.91 bits per heavy atom. The van der Waals surface area contributed by atoms with E-state index in [4.69, 9.17) is 0 Å². The Bertz CT molecular complexity index is 521. The lowest BCUT2D eigenvalue weighted by molar-refractivity contribution is -0.139. The maximum atomic E-state index is 13.5. The highest BCUT2D eigenvalue weighted by molar-refractivity contribution is 5.86. The molecule has 1 aromatic carbocycles. The van der Waals surface area contributed by atoms with Gasteiger partial charge in [-0.1, -0.05) is 18.2 Å². The molecule has 0 spiro atoms. The molecule has 1 aliphatic heterocycles. The van der Waals surface area contributed by atoms with Gasteiger partial charge in [0.2, 0.25) is 11.8 Å². The molecule has 2 rings (SSSR count). The smallest absolute Gasteiger partial charge is 0.242 e. The fourth-order valence-electron chi connectivity index (χ4n) is 2.24. The number of hydrogen-bond acceptors (Lipinski definition) is 3. The zero-order valence-electron chi connectivity index (χ0n) is 12.5. The van der Waals surface area contributed by atoms with Gasteiger partial charge in [-0.15, -0.1) is 12.4 Å². The molecule has 0 bridgehead atoms. The van der Waals surface area contributed by atoms with Gasteiger partial charge in [0.05, 0.1) is 13.0 Å². The van der Waals surface area contributed by atoms with Crippen LogP contribution in [0.5, 0.6) is 0 Å². The van der Waals surface area contributed by atoms with Crippen molar-refractivity contribution in [1.82, 2.24) is 15.1 Å². The van der Waals surface area contributed by atoms with Gasteiger partial charge in [-0.2, -0.15) is 0 Å². The van der Waals surface area contributed by atoms with Crippen molar-refractivity contribution in [3.05, 3.63) is 35.6 Å². The van der Waals surface area contributed by atoms with Crippen LogP contribution in [0.4, 0.5) is 4.39 Å². The SMILES string of the molecule is CN(CC(=O)N1CCNCC1)C(=O)Cc1ccccc1F.Cl. The van der Waals surface area contributed by atoms with Crippen molar-refractivity contribution >= 4 is 24.2 Å². The summed E-state index contributed by atoms with van der Waals surface area (Å²) in [6, 6.07) is 6.19. The Morgan fingerprint density at radius 3 is 2.55 bits per heavy atom. The van der Waals surface area contributed by atoms with Gasteiger partial charge >= 0.3 is 0 Å². The van der Waals surface area contributed by atoms with Crippen molar-refractivity contribution in [3.63, 3.8) is 0 Å². The number of amides is 2. The van der Waals surface area contributed by atoms with Crippen molar-refractivity contribution in [2.24, 2.45) is 0 Å². The van der Waals surface area contributed by atoms with Crippen molar-refractivity contribution < 1.29 is 14.0 Å². The Morgan fingerprint density at radius 1 is 1.27 bits per heavy atom. The molecular formula is C15H21ClFN3O2. The average molecular weight is 330 g/mol. The van der Waals surface area contributed by atoms with E-state index in [1.54, 1.807) is 30.1 Å². The van der Waals surface area contributed by atoms with Gasteiger partial charge in [-0.05, 0) is 11.6 Å². The molecular weight excluding hydrogens is 309 g/mol. The van der Waals surface area contributed by atoms with Crippen molar-refractivity contribution in [2.45, 2.75) is 6.42 Å². The van der Waals surface area contributed by atoms with Crippen LogP contribution >= 0.6 is 12.4 Å². The van der Waals surface area contributed by atoms with E-state index < -0.39 is 5.82 Å². The second-order valence-corrected chi connectivity index (χ2v) is 5.15. The van der Waals surface area contributed by atoms with Gasteiger partial charge < -0.3 is 15.1 Å². The fourth-order valence-corrected chi connectivity index (χ4v) is 2.24. The van der Waals surface area contributed by atoms with Gasteiger partial charge in [0, 0.05) is 33.2 Å². The van der Waals surface area contributed by atoms with Gasteiger partial charge in [0.15, 0.2) is 0 Å². The van der Waals surface area contributed by atoms with Gasteiger partial charge in [-0.25, -0.2) is 4.39 Å². The Hall–Kier alpha value is -1.66. The number of rotatable bonds is 4. The molecule has 2 amide bonds. The van der Waals surface area contributed by atoms with E-state index in [1.807, 2.05) is 0 Å². The monoisotopic (exact) mass is 329 g/mol. The average Bonchev–Trinajstić information content (AvgIpc) is 2.50. The highest BCUT2D eigenvalue weighted by Crippen LogP contribution is 2.08. The lowest BCUT2D eigenvalue weighted by atomic mass is 10.1. The number of likely N-dealkylation sites (N-methyl/N-ethyl adjacent to an activating group) is 1. The summed E-state index contributed by atoms with van der Waals surface area (Å²) in [5, 5.41) is 3.17. The van der Waals surface area contributed by atoms with E-state index in [9.17, 15) is 14.0 Å². The minimum absolute atomic E-state index is 0. The highest BCUT2D eigenvalue weighted by atomic mass is 35.5. The number of hydrogen-bond donors (Lipinski definition) is 1. The second kappa shape index (κ2) is 8.70. The van der Waals surface area contributed by atoms with E-state index in [0.717, 1.165) is 13.1 Å². The van der Waals surface area contributed by atoms with Crippen molar-refractivity contribution in [2.75, 3.05) is 39.8 Å². The van der Waals surface area contributed by atoms with Gasteiger partial charge in [0.1, 0.15) is 5.82 Å². The van der Waals surface area contributed by atoms with E-state index >= 15 is 0 Å². The standard InChI is InChI=1S/C15H20FN3O2.ClH/c1-18(11-15(21)19-8-6-17-7-9-19)14(20)10-12-4-2-3-5-13(12)16;/h2-5,17H,6-11H2,1H3;1H. The van der Waals surface area contributed by atoms with Crippen LogP contribution in [0, 0.1) is 5.82 Å². The first-order valence-corrected chi connectivity index (χ1v) is 7.04. The largest absolute Gasteiger partial charge is 0.339 e. The molecule has 122 valence electrons. The lowest BCUT2D eigenvalue weighted by Gasteiger charge is -2.29. The summed E-state index contributed by atoms with van der Waals surface area (Å²) in [5.41, 5.74) is 0.351. The molecule has 5 nitrogen and oxygen atoms in total. The summed E-state index contributed by atoms with van der Waals surface area (Å²) < 4.78 is 13.5. The molecule has 1 saturated heterocycles. The van der Waals surface area contributed by atoms with Crippen LogP contribution in [0.2, 0.25) is 0 Å². The summed E-state index contributed by atoms with van der Waals surface area (Å²) in [7, 11) is 1.57. The second-order valence-electron chi connectivity index (χ2n) is 5.15. The summed E-state index contributed by atoms with van der Waals surface area (Å²) >= 11 is 0. The molecule has 1 fully saturated rings. The van der Waals surface area contributed by atoms with E-state index in [2.05, 4.69) is 5.32 Å². The first kappa shape index (κ1) is 18.4. The number of piperazine rings is 1. The summed E-state index contributed by atoms with van der Waals surface area (Å²) in [5.74, 6) is -0.725. The molecule has 0 aromatic heterocycles. The number of carbonyl (C=O) groups excluding carboxylic acids is 2. The predicted molar refractivity (Wildman–Crippen MR) is 84.4 cm³/mol. The van der Waals surface area contributed by atoms with Crippen LogP contribution in [0.15, 0.2) is 24.3 Å². The van der Waals surface area contributed by atoms with Crippen LogP contribution < -0.4 is 5.32 Å². The number of benzene rings is 1. The minimum Gasteiger partial charge on any atom is -0.339 e. The maximum absolute atomic E-state index is 13.5. The molecule has 0 radical (unpaired) electrons. The van der Waals surface area contributed by atoms with Gasteiger partial charge in [0.25, 0.3) is 0 Å². The van der Waals surface area contributed by atoms with Crippen LogP contribution in [-0.2, 0) is 16.0 Å². The first-order chi connectivity index (χ1) is 10.1. The Balaban J connectivity index is 0.00000242. The summed E-state index contributed by atoms with van der Waals surface area (Å²) in [4.78, 5) is 27.2. The van der Waals surface area contributed by atoms with Crippen LogP contribution in [-0.4, -0.2) is 61.4 Å². The third-order valence-corrected chi connectivity index (χ3v) is 3.57. The molecule has 7 heteroatoms. The van der Waals surface area contributed by atoms with Crippen molar-refractivity contribution in [1.29, 1.82) is 0 Å². The summed E-state index contributed by atoms with van der Waals surface area (Å²) in [6.45, 7) is 2.91. The zero-order chi connectivity index (χ0) is 15.2. The fraction of sp³-hybridized carbons (Fsp3) is 0.467. The summed E-state index contributed by atoms with van der Waals surface area (Å²) in [6.07, 6.45) is -0.0298. The number of carbonyl (C=O) groups is 2. The van der Waals surface area contributed by atoms with E-state index in [1.165, 1.54) is 11.0 Å². The predicted octanol–water partition coefficient (Wildman–Crippen LogP) is 0.680. The molecule has 0 saturated carbocycles. The molecule has 1 aromatic rings. The lowest BCUT2D eigenvalue weighted by Crippen LogP contribution is -2.49. The van der Waals surface area contributed by atoms with Crippen LogP contribution in [0.1, 0.15) is 5.56 Å². The molecule has 1 N–H and O–H groups in total. The van der Waals surface area contributed by atoms with Crippen LogP contribution in [0.25, 0.3) is 0 Å². The molecule has 0 unspecified atom stereocenters. The van der Waals surface area contributed by atoms with Gasteiger partial charge in [-0.3, -0.25) is 9.59 Å². The number of halogens is 2. The third kappa shape index (κ3) is 4.96. The third-order valence-electron chi connectivity index (χ3n) is 3.57. The molecule has 1 aliphatic rings. The van der Waals surface area contributed by atoms with Crippen LogP contribution in [0.3, 0.4) is 0 Å².